The summed E-state index contributed by atoms with van der Waals surface area (Å²) in [6.45, 7) is 2.19. The third-order valence-electron chi connectivity index (χ3n) is 3.28. The van der Waals surface area contributed by atoms with Gasteiger partial charge in [0, 0.05) is 0 Å². The third kappa shape index (κ3) is 0.644. The third-order valence-corrected chi connectivity index (χ3v) is 3.28. The second-order valence-electron chi connectivity index (χ2n) is 3.68. The molecule has 2 fully saturated rings. The van der Waals surface area contributed by atoms with Crippen molar-refractivity contribution in [3.05, 3.63) is 0 Å². The molecule has 0 aromatic rings. The standard InChI is InChI=1S/C8H14O/c1-5-6-2-3-7(4-6)8(5)9/h5-9H,2-4H2,1H3/t5-,6?,7?,8-/m0/s1. The fourth-order valence-electron chi connectivity index (χ4n) is 2.55. The molecule has 9 heavy (non-hydrogen) atoms. The predicted octanol–water partition coefficient (Wildman–Crippen LogP) is 1.41. The molecule has 52 valence electrons. The van der Waals surface area contributed by atoms with E-state index in [-0.39, 0.29) is 6.10 Å². The largest absolute Gasteiger partial charge is 0.393 e. The molecule has 2 unspecified atom stereocenters. The van der Waals surface area contributed by atoms with E-state index < -0.39 is 0 Å². The molecule has 2 saturated carbocycles. The maximum Gasteiger partial charge on any atom is 0.0596 e. The zero-order valence-electron chi connectivity index (χ0n) is 5.88. The molecule has 0 amide bonds. The summed E-state index contributed by atoms with van der Waals surface area (Å²) >= 11 is 0. The fraction of sp³-hybridized carbons (Fsp3) is 1.00. The van der Waals surface area contributed by atoms with Gasteiger partial charge in [0.1, 0.15) is 0 Å². The first-order valence-electron chi connectivity index (χ1n) is 3.97. The van der Waals surface area contributed by atoms with Crippen LogP contribution in [0.3, 0.4) is 0 Å². The molecule has 1 heteroatoms. The van der Waals surface area contributed by atoms with Gasteiger partial charge in [0.25, 0.3) is 0 Å². The monoisotopic (exact) mass is 126 g/mol. The number of aliphatic hydroxyl groups excluding tert-OH is 1. The molecule has 4 atom stereocenters. The molecule has 0 aromatic carbocycles. The molecule has 0 heterocycles. The van der Waals surface area contributed by atoms with Crippen LogP contribution in [0.4, 0.5) is 0 Å². The zero-order chi connectivity index (χ0) is 6.43. The van der Waals surface area contributed by atoms with Gasteiger partial charge in [0.15, 0.2) is 0 Å². The second kappa shape index (κ2) is 1.72. The minimum absolute atomic E-state index is 0.0451. The normalized spacial score (nSPS) is 56.7. The summed E-state index contributed by atoms with van der Waals surface area (Å²) in [4.78, 5) is 0. The molecular formula is C8H14O. The molecule has 1 nitrogen and oxygen atoms in total. The van der Waals surface area contributed by atoms with E-state index in [9.17, 15) is 5.11 Å². The van der Waals surface area contributed by atoms with Crippen LogP contribution in [-0.4, -0.2) is 11.2 Å². The first-order chi connectivity index (χ1) is 4.29. The quantitative estimate of drug-likeness (QED) is 0.520. The zero-order valence-corrected chi connectivity index (χ0v) is 5.88. The highest BCUT2D eigenvalue weighted by atomic mass is 16.3. The van der Waals surface area contributed by atoms with E-state index in [4.69, 9.17) is 0 Å². The lowest BCUT2D eigenvalue weighted by molar-refractivity contribution is 0.0677. The minimum atomic E-state index is 0.0451. The fourth-order valence-corrected chi connectivity index (χ4v) is 2.55. The van der Waals surface area contributed by atoms with E-state index >= 15 is 0 Å². The lowest BCUT2D eigenvalue weighted by atomic mass is 9.88. The smallest absolute Gasteiger partial charge is 0.0596 e. The molecule has 0 saturated heterocycles. The van der Waals surface area contributed by atoms with Gasteiger partial charge in [-0.2, -0.15) is 0 Å². The Morgan fingerprint density at radius 2 is 1.89 bits per heavy atom. The van der Waals surface area contributed by atoms with Crippen molar-refractivity contribution < 1.29 is 5.11 Å². The first-order valence-corrected chi connectivity index (χ1v) is 3.97. The van der Waals surface area contributed by atoms with Crippen LogP contribution >= 0.6 is 0 Å². The van der Waals surface area contributed by atoms with Gasteiger partial charge in [-0.15, -0.1) is 0 Å². The molecule has 0 spiro atoms. The maximum absolute atomic E-state index is 9.49. The van der Waals surface area contributed by atoms with E-state index in [1.54, 1.807) is 0 Å². The van der Waals surface area contributed by atoms with Crippen molar-refractivity contribution in [2.24, 2.45) is 17.8 Å². The van der Waals surface area contributed by atoms with Crippen molar-refractivity contribution in [3.63, 3.8) is 0 Å². The lowest BCUT2D eigenvalue weighted by Crippen LogP contribution is -2.24. The van der Waals surface area contributed by atoms with Gasteiger partial charge in [-0.25, -0.2) is 0 Å². The highest BCUT2D eigenvalue weighted by Gasteiger charge is 2.43. The Bertz CT molecular complexity index is 104. The van der Waals surface area contributed by atoms with E-state index in [0.29, 0.717) is 11.8 Å². The first kappa shape index (κ1) is 5.72. The summed E-state index contributed by atoms with van der Waals surface area (Å²) < 4.78 is 0. The number of hydrogen-bond acceptors (Lipinski definition) is 1. The SMILES string of the molecule is C[C@H]1C2CCC(C2)[C@H]1O. The lowest BCUT2D eigenvalue weighted by Gasteiger charge is -2.22. The van der Waals surface area contributed by atoms with Crippen LogP contribution in [0.1, 0.15) is 26.2 Å². The summed E-state index contributed by atoms with van der Waals surface area (Å²) in [5.41, 5.74) is 0. The number of hydrogen-bond donors (Lipinski definition) is 1. The number of rotatable bonds is 0. The van der Waals surface area contributed by atoms with Gasteiger partial charge in [-0.05, 0) is 37.0 Å². The molecule has 1 N–H and O–H groups in total. The summed E-state index contributed by atoms with van der Waals surface area (Å²) in [5.74, 6) is 2.14. The van der Waals surface area contributed by atoms with Gasteiger partial charge in [0.2, 0.25) is 0 Å². The molecule has 2 aliphatic rings. The van der Waals surface area contributed by atoms with Gasteiger partial charge < -0.3 is 5.11 Å². The highest BCUT2D eigenvalue weighted by Crippen LogP contribution is 2.47. The van der Waals surface area contributed by atoms with Crippen LogP contribution in [0.15, 0.2) is 0 Å². The van der Waals surface area contributed by atoms with Gasteiger partial charge >= 0.3 is 0 Å². The highest BCUT2D eigenvalue weighted by molar-refractivity contribution is 4.94. The Morgan fingerprint density at radius 1 is 1.22 bits per heavy atom. The van der Waals surface area contributed by atoms with Crippen molar-refractivity contribution in [1.29, 1.82) is 0 Å². The van der Waals surface area contributed by atoms with Gasteiger partial charge in [-0.1, -0.05) is 6.92 Å². The molecular weight excluding hydrogens is 112 g/mol. The van der Waals surface area contributed by atoms with E-state index in [2.05, 4.69) is 6.92 Å². The van der Waals surface area contributed by atoms with Crippen LogP contribution in [-0.2, 0) is 0 Å². The molecule has 0 aliphatic heterocycles. The van der Waals surface area contributed by atoms with E-state index in [1.165, 1.54) is 19.3 Å². The second-order valence-corrected chi connectivity index (χ2v) is 3.68. The van der Waals surface area contributed by atoms with Gasteiger partial charge in [-0.3, -0.25) is 0 Å². The van der Waals surface area contributed by atoms with Crippen LogP contribution in [0.5, 0.6) is 0 Å². The molecule has 2 rings (SSSR count). The van der Waals surface area contributed by atoms with E-state index in [1.807, 2.05) is 0 Å². The summed E-state index contributed by atoms with van der Waals surface area (Å²) in [6, 6.07) is 0. The van der Waals surface area contributed by atoms with Crippen LogP contribution in [0.25, 0.3) is 0 Å². The van der Waals surface area contributed by atoms with Crippen molar-refractivity contribution in [2.45, 2.75) is 32.3 Å². The molecule has 0 radical (unpaired) electrons. The van der Waals surface area contributed by atoms with Crippen LogP contribution < -0.4 is 0 Å². The van der Waals surface area contributed by atoms with E-state index in [0.717, 1.165) is 5.92 Å². The summed E-state index contributed by atoms with van der Waals surface area (Å²) in [7, 11) is 0. The van der Waals surface area contributed by atoms with Crippen molar-refractivity contribution in [1.82, 2.24) is 0 Å². The number of aliphatic hydroxyl groups is 1. The predicted molar refractivity (Wildman–Crippen MR) is 36.0 cm³/mol. The average Bonchev–Trinajstić information content (AvgIpc) is 2.37. The van der Waals surface area contributed by atoms with Crippen molar-refractivity contribution >= 4 is 0 Å². The Hall–Kier alpha value is -0.0400. The van der Waals surface area contributed by atoms with Gasteiger partial charge in [0.05, 0.1) is 6.10 Å². The Morgan fingerprint density at radius 3 is 2.22 bits per heavy atom. The van der Waals surface area contributed by atoms with Crippen molar-refractivity contribution in [3.8, 4) is 0 Å². The summed E-state index contributed by atoms with van der Waals surface area (Å²) in [6.07, 6.45) is 4.02. The Kier molecular flexibility index (Phi) is 1.10. The molecule has 2 bridgehead atoms. The average molecular weight is 126 g/mol. The van der Waals surface area contributed by atoms with Crippen LogP contribution in [0.2, 0.25) is 0 Å². The Labute approximate surface area is 56.1 Å². The number of fused-ring (bicyclic) bond motifs is 2. The molecule has 2 aliphatic carbocycles. The summed E-state index contributed by atoms with van der Waals surface area (Å²) in [5, 5.41) is 9.49. The minimum Gasteiger partial charge on any atom is -0.393 e. The van der Waals surface area contributed by atoms with Crippen molar-refractivity contribution in [2.75, 3.05) is 0 Å². The Balaban J connectivity index is 2.15. The van der Waals surface area contributed by atoms with Crippen LogP contribution in [0, 0.1) is 17.8 Å². The molecule has 0 aromatic heterocycles. The maximum atomic E-state index is 9.49. The topological polar surface area (TPSA) is 20.2 Å².